The van der Waals surface area contributed by atoms with E-state index in [1.54, 1.807) is 0 Å². The maximum Gasteiger partial charge on any atom is 0.286 e. The summed E-state index contributed by atoms with van der Waals surface area (Å²) in [6, 6.07) is 1.16. The Morgan fingerprint density at radius 2 is 2.16 bits per heavy atom. The number of primary amides is 1. The minimum absolute atomic E-state index is 0.0890. The number of aliphatic hydroxyl groups excluding tert-OH is 2. The Morgan fingerprint density at radius 1 is 1.48 bits per heavy atom. The first-order valence-electron chi connectivity index (χ1n) is 7.33. The van der Waals surface area contributed by atoms with Crippen molar-refractivity contribution in [3.8, 4) is 0 Å². The van der Waals surface area contributed by atoms with Crippen molar-refractivity contribution in [3.63, 3.8) is 0 Å². The number of aliphatic hydroxyl groups is 3. The van der Waals surface area contributed by atoms with E-state index in [0.29, 0.717) is 0 Å². The van der Waals surface area contributed by atoms with E-state index in [0.717, 1.165) is 6.07 Å². The minimum atomic E-state index is -1.82. The second-order valence-corrected chi connectivity index (χ2v) is 5.96. The fourth-order valence-electron chi connectivity index (χ4n) is 2.88. The van der Waals surface area contributed by atoms with E-state index < -0.39 is 47.8 Å². The molecule has 3 rings (SSSR count). The number of nitrogens with zero attached hydrogens (tertiary/aromatic N) is 3. The Kier molecular flexibility index (Phi) is 3.95. The molecular formula is C14H17N5O6. The number of hydrogen-bond acceptors (Lipinski definition) is 9. The molecule has 1 amide bonds. The molecule has 1 saturated heterocycles. The van der Waals surface area contributed by atoms with Gasteiger partial charge in [-0.25, -0.2) is 9.97 Å². The van der Waals surface area contributed by atoms with Gasteiger partial charge >= 0.3 is 0 Å². The highest BCUT2D eigenvalue weighted by atomic mass is 16.6. The molecule has 0 radical (unpaired) electrons. The predicted octanol–water partition coefficient (Wildman–Crippen LogP) is -2.53. The van der Waals surface area contributed by atoms with Crippen molar-refractivity contribution < 1.29 is 24.9 Å². The van der Waals surface area contributed by atoms with Crippen molar-refractivity contribution in [3.05, 3.63) is 28.3 Å². The van der Waals surface area contributed by atoms with Crippen molar-refractivity contribution >= 4 is 22.8 Å². The fourth-order valence-corrected chi connectivity index (χ4v) is 2.88. The first-order valence-corrected chi connectivity index (χ1v) is 7.33. The zero-order chi connectivity index (χ0) is 18.5. The summed E-state index contributed by atoms with van der Waals surface area (Å²) in [4.78, 5) is 31.1. The topological polar surface area (TPSA) is 187 Å². The summed E-state index contributed by atoms with van der Waals surface area (Å²) in [5.41, 5.74) is 8.51. The third kappa shape index (κ3) is 2.53. The van der Waals surface area contributed by atoms with Crippen LogP contribution in [0.25, 0.3) is 11.0 Å². The van der Waals surface area contributed by atoms with E-state index in [2.05, 4.69) is 9.97 Å². The zero-order valence-corrected chi connectivity index (χ0v) is 13.2. The van der Waals surface area contributed by atoms with Crippen molar-refractivity contribution in [2.75, 3.05) is 12.3 Å². The summed E-state index contributed by atoms with van der Waals surface area (Å²) in [6.07, 6.45) is -2.39. The Labute approximate surface area is 140 Å². The third-order valence-corrected chi connectivity index (χ3v) is 4.20. The Morgan fingerprint density at radius 3 is 2.72 bits per heavy atom. The highest BCUT2D eigenvalue weighted by molar-refractivity contribution is 5.94. The monoisotopic (exact) mass is 351 g/mol. The van der Waals surface area contributed by atoms with Crippen molar-refractivity contribution in [2.45, 2.75) is 31.0 Å². The van der Waals surface area contributed by atoms with Gasteiger partial charge in [-0.1, -0.05) is 0 Å². The molecule has 4 atom stereocenters. The van der Waals surface area contributed by atoms with Gasteiger partial charge in [0.15, 0.2) is 17.3 Å². The number of pyridine rings is 1. The number of nitrogens with two attached hydrogens (primary N) is 2. The van der Waals surface area contributed by atoms with E-state index in [9.17, 15) is 24.9 Å². The Balaban J connectivity index is 2.29. The van der Waals surface area contributed by atoms with Gasteiger partial charge in [0.2, 0.25) is 5.82 Å². The molecule has 1 aliphatic rings. The van der Waals surface area contributed by atoms with Gasteiger partial charge in [-0.3, -0.25) is 9.59 Å². The van der Waals surface area contributed by atoms with Crippen LogP contribution in [0.4, 0.5) is 5.82 Å². The van der Waals surface area contributed by atoms with Gasteiger partial charge in [0, 0.05) is 12.3 Å². The van der Waals surface area contributed by atoms with Gasteiger partial charge in [0.25, 0.3) is 5.91 Å². The number of anilines is 1. The van der Waals surface area contributed by atoms with Crippen LogP contribution in [0.3, 0.4) is 0 Å². The molecule has 7 N–H and O–H groups in total. The minimum Gasteiger partial charge on any atom is -0.394 e. The molecule has 1 aliphatic heterocycles. The number of rotatable bonds is 3. The number of fused-ring (bicyclic) bond motifs is 1. The smallest absolute Gasteiger partial charge is 0.286 e. The Bertz CT molecular complexity index is 910. The summed E-state index contributed by atoms with van der Waals surface area (Å²) in [5, 5.41) is 29.9. The molecule has 0 aliphatic carbocycles. The standard InChI is InChI=1S/C14H17N5O6/c1-14(24)8(22)6(4-20)25-13(14)19-3-2-5(21)7-9(15)17-11(10(16)23)18-12(7)19/h2-3,6,8,13,20,22,24H,4H2,1H3,(H2,16,23)(H2,15,17,18). The summed E-state index contributed by atoms with van der Waals surface area (Å²) in [7, 11) is 0. The molecular weight excluding hydrogens is 334 g/mol. The van der Waals surface area contributed by atoms with E-state index in [-0.39, 0.29) is 16.9 Å². The number of amides is 1. The normalized spacial score (nSPS) is 29.2. The van der Waals surface area contributed by atoms with Gasteiger partial charge in [-0.15, -0.1) is 0 Å². The quantitative estimate of drug-likeness (QED) is 0.397. The van der Waals surface area contributed by atoms with Crippen LogP contribution in [-0.4, -0.2) is 60.2 Å². The summed E-state index contributed by atoms with van der Waals surface area (Å²) >= 11 is 0. The van der Waals surface area contributed by atoms with Crippen molar-refractivity contribution in [1.82, 2.24) is 14.5 Å². The van der Waals surface area contributed by atoms with Crippen LogP contribution in [-0.2, 0) is 4.74 Å². The van der Waals surface area contributed by atoms with Crippen LogP contribution in [0.5, 0.6) is 0 Å². The van der Waals surface area contributed by atoms with Crippen LogP contribution >= 0.6 is 0 Å². The zero-order valence-electron chi connectivity index (χ0n) is 13.2. The predicted molar refractivity (Wildman–Crippen MR) is 84.4 cm³/mol. The van der Waals surface area contributed by atoms with E-state index in [1.807, 2.05) is 0 Å². The molecule has 25 heavy (non-hydrogen) atoms. The number of nitrogen functional groups attached to an aromatic ring is 1. The lowest BCUT2D eigenvalue weighted by molar-refractivity contribution is -0.0950. The molecule has 2 aromatic rings. The third-order valence-electron chi connectivity index (χ3n) is 4.20. The molecule has 4 unspecified atom stereocenters. The molecule has 3 heterocycles. The fraction of sp³-hybridized carbons (Fsp3) is 0.429. The largest absolute Gasteiger partial charge is 0.394 e. The number of aromatic nitrogens is 3. The van der Waals surface area contributed by atoms with Gasteiger partial charge in [-0.05, 0) is 6.92 Å². The average Bonchev–Trinajstić information content (AvgIpc) is 2.77. The molecule has 1 fully saturated rings. The van der Waals surface area contributed by atoms with Gasteiger partial charge in [-0.2, -0.15) is 0 Å². The first kappa shape index (κ1) is 17.2. The maximum atomic E-state index is 12.1. The van der Waals surface area contributed by atoms with Crippen LogP contribution in [0.2, 0.25) is 0 Å². The number of ether oxygens (including phenoxy) is 1. The molecule has 0 spiro atoms. The number of carbonyl (C=O) groups excluding carboxylic acids is 1. The van der Waals surface area contributed by atoms with Crippen LogP contribution in [0, 0.1) is 0 Å². The first-order chi connectivity index (χ1) is 11.7. The number of hydrogen-bond donors (Lipinski definition) is 5. The average molecular weight is 351 g/mol. The summed E-state index contributed by atoms with van der Waals surface area (Å²) < 4.78 is 6.74. The number of carbonyl (C=O) groups is 1. The van der Waals surface area contributed by atoms with Crippen LogP contribution < -0.4 is 16.9 Å². The SMILES string of the molecule is CC1(O)C(O)C(CO)OC1n1ccc(=O)c2c(N)nc(C(N)=O)nc21. The van der Waals surface area contributed by atoms with E-state index in [1.165, 1.54) is 17.7 Å². The van der Waals surface area contributed by atoms with E-state index in [4.69, 9.17) is 16.2 Å². The highest BCUT2D eigenvalue weighted by Crippen LogP contribution is 2.39. The van der Waals surface area contributed by atoms with Crippen molar-refractivity contribution in [1.29, 1.82) is 0 Å². The molecule has 11 heteroatoms. The molecule has 134 valence electrons. The lowest BCUT2D eigenvalue weighted by atomic mass is 9.96. The maximum absolute atomic E-state index is 12.1. The van der Waals surface area contributed by atoms with Crippen molar-refractivity contribution in [2.24, 2.45) is 5.73 Å². The van der Waals surface area contributed by atoms with Crippen LogP contribution in [0.1, 0.15) is 23.8 Å². The molecule has 0 aromatic carbocycles. The summed E-state index contributed by atoms with van der Waals surface area (Å²) in [5.74, 6) is -1.62. The second kappa shape index (κ2) is 5.74. The summed E-state index contributed by atoms with van der Waals surface area (Å²) in [6.45, 7) is 0.775. The Hall–Kier alpha value is -2.60. The lowest BCUT2D eigenvalue weighted by Gasteiger charge is -2.28. The second-order valence-electron chi connectivity index (χ2n) is 5.96. The van der Waals surface area contributed by atoms with Gasteiger partial charge in [0.1, 0.15) is 29.0 Å². The molecule has 11 nitrogen and oxygen atoms in total. The van der Waals surface area contributed by atoms with E-state index >= 15 is 0 Å². The molecule has 0 saturated carbocycles. The van der Waals surface area contributed by atoms with Gasteiger partial charge in [0.05, 0.1) is 6.61 Å². The van der Waals surface area contributed by atoms with Gasteiger partial charge < -0.3 is 36.1 Å². The van der Waals surface area contributed by atoms with Crippen LogP contribution in [0.15, 0.2) is 17.1 Å². The molecule has 0 bridgehead atoms. The lowest BCUT2D eigenvalue weighted by Crippen LogP contribution is -2.44. The highest BCUT2D eigenvalue weighted by Gasteiger charge is 2.53. The molecule has 2 aromatic heterocycles.